The van der Waals surface area contributed by atoms with E-state index in [9.17, 15) is 34.2 Å². The van der Waals surface area contributed by atoms with E-state index in [1.807, 2.05) is 0 Å². The third-order valence-corrected chi connectivity index (χ3v) is 8.06. The number of nitrogens with two attached hydrogens (primary N) is 3. The number of carbonyl (C=O) groups excluding carboxylic acids is 3. The Morgan fingerprint density at radius 1 is 1.02 bits per heavy atom. The van der Waals surface area contributed by atoms with Gasteiger partial charge in [-0.25, -0.2) is 23.2 Å². The standard InChI is InChI=1S/C25H23F2N5O8/c1-40-15-7-6-12(18(28)33)25(27,23(20(35)36)9-10-8-14(10)32(23)22(38)39)24(15,26)16-11-4-2-3-5-13(11)31(21(30)37)17(16)19(29)34/h2-7,10,14H,8-9H2,1H3,(H2,28,33)(H2,29,34)(H2,30,37)(H,35,36)(H,38,39)/t10-,14-,23-,24?,25?/m1/s1. The molecule has 210 valence electrons. The average molecular weight is 559 g/mol. The maximum Gasteiger partial charge on any atom is 0.408 e. The van der Waals surface area contributed by atoms with Crippen LogP contribution >= 0.6 is 0 Å². The van der Waals surface area contributed by atoms with Crippen LogP contribution in [0, 0.1) is 5.92 Å². The second-order valence-corrected chi connectivity index (χ2v) is 9.86. The molecule has 2 aromatic rings. The van der Waals surface area contributed by atoms with Crippen LogP contribution < -0.4 is 17.2 Å². The number of piperidine rings is 1. The topological polar surface area (TPSA) is 221 Å². The summed E-state index contributed by atoms with van der Waals surface area (Å²) in [4.78, 5) is 63.8. The Morgan fingerprint density at radius 2 is 1.68 bits per heavy atom. The van der Waals surface area contributed by atoms with E-state index in [0.29, 0.717) is 10.6 Å². The van der Waals surface area contributed by atoms with Crippen LogP contribution in [0.1, 0.15) is 28.9 Å². The number of aliphatic carboxylic acids is 1. The summed E-state index contributed by atoms with van der Waals surface area (Å²) < 4.78 is 42.5. The van der Waals surface area contributed by atoms with Gasteiger partial charge in [-0.1, -0.05) is 18.2 Å². The second kappa shape index (κ2) is 8.27. The van der Waals surface area contributed by atoms with Crippen molar-refractivity contribution in [2.75, 3.05) is 7.11 Å². The van der Waals surface area contributed by atoms with Crippen LogP contribution in [-0.2, 0) is 20.0 Å². The molecule has 5 atom stereocenters. The van der Waals surface area contributed by atoms with Crippen molar-refractivity contribution in [1.82, 2.24) is 9.47 Å². The number of ether oxygens (including phenoxy) is 1. The molecule has 2 heterocycles. The molecule has 2 fully saturated rings. The number of para-hydroxylation sites is 1. The minimum Gasteiger partial charge on any atom is -0.497 e. The minimum atomic E-state index is -4.17. The van der Waals surface area contributed by atoms with Gasteiger partial charge in [-0.2, -0.15) is 0 Å². The fourth-order valence-electron chi connectivity index (χ4n) is 6.54. The summed E-state index contributed by atoms with van der Waals surface area (Å²) in [6, 6.07) is 2.83. The fraction of sp³-hybridized carbons (Fsp3) is 0.320. The largest absolute Gasteiger partial charge is 0.497 e. The molecule has 40 heavy (non-hydrogen) atoms. The van der Waals surface area contributed by atoms with Gasteiger partial charge in [0.05, 0.1) is 18.2 Å². The van der Waals surface area contributed by atoms with Crippen LogP contribution in [-0.4, -0.2) is 73.9 Å². The van der Waals surface area contributed by atoms with Crippen molar-refractivity contribution in [3.63, 3.8) is 0 Å². The first-order valence-electron chi connectivity index (χ1n) is 11.9. The van der Waals surface area contributed by atoms with E-state index in [1.54, 1.807) is 0 Å². The van der Waals surface area contributed by atoms with E-state index in [1.165, 1.54) is 24.3 Å². The summed E-state index contributed by atoms with van der Waals surface area (Å²) in [5, 5.41) is 20.3. The fourth-order valence-corrected chi connectivity index (χ4v) is 6.54. The van der Waals surface area contributed by atoms with Crippen LogP contribution in [0.3, 0.4) is 0 Å². The molecule has 13 nitrogen and oxygen atoms in total. The molecular formula is C25H23F2N5O8. The number of benzene rings is 1. The first-order chi connectivity index (χ1) is 18.7. The van der Waals surface area contributed by atoms with Crippen LogP contribution in [0.15, 0.2) is 47.7 Å². The normalized spacial score (nSPS) is 30.7. The zero-order chi connectivity index (χ0) is 29.5. The lowest BCUT2D eigenvalue weighted by molar-refractivity contribution is -0.175. The Kier molecular flexibility index (Phi) is 5.51. The number of alkyl halides is 2. The average Bonchev–Trinajstić information content (AvgIpc) is 3.38. The van der Waals surface area contributed by atoms with Crippen LogP contribution in [0.2, 0.25) is 0 Å². The highest BCUT2D eigenvalue weighted by Crippen LogP contribution is 2.66. The van der Waals surface area contributed by atoms with E-state index in [4.69, 9.17) is 21.9 Å². The molecular weight excluding hydrogens is 536 g/mol. The van der Waals surface area contributed by atoms with Gasteiger partial charge in [-0.15, -0.1) is 0 Å². The van der Waals surface area contributed by atoms with E-state index in [0.717, 1.165) is 13.2 Å². The zero-order valence-corrected chi connectivity index (χ0v) is 20.8. The number of halogens is 2. The highest BCUT2D eigenvalue weighted by atomic mass is 19.2. The van der Waals surface area contributed by atoms with E-state index in [2.05, 4.69) is 0 Å². The molecule has 1 aromatic carbocycles. The van der Waals surface area contributed by atoms with Crippen LogP contribution in [0.5, 0.6) is 0 Å². The van der Waals surface area contributed by atoms with Gasteiger partial charge in [0, 0.05) is 17.0 Å². The zero-order valence-electron chi connectivity index (χ0n) is 20.8. The lowest BCUT2D eigenvalue weighted by atomic mass is 9.59. The van der Waals surface area contributed by atoms with Crippen molar-refractivity contribution in [3.8, 4) is 0 Å². The summed E-state index contributed by atoms with van der Waals surface area (Å²) in [6.07, 6.45) is -0.963. The summed E-state index contributed by atoms with van der Waals surface area (Å²) in [5.41, 5.74) is 1.67. The molecule has 0 radical (unpaired) electrons. The Balaban J connectivity index is 2.02. The van der Waals surface area contributed by atoms with Gasteiger partial charge < -0.3 is 32.2 Å². The number of hydrogen-bond acceptors (Lipinski definition) is 6. The summed E-state index contributed by atoms with van der Waals surface area (Å²) in [7, 11) is 0.912. The highest BCUT2D eigenvalue weighted by molar-refractivity contribution is 6.08. The molecule has 0 spiro atoms. The number of hydrogen-bond donors (Lipinski definition) is 5. The number of fused-ring (bicyclic) bond motifs is 2. The highest BCUT2D eigenvalue weighted by Gasteiger charge is 2.83. The molecule has 15 heteroatoms. The smallest absolute Gasteiger partial charge is 0.408 e. The molecule has 4 amide bonds. The number of methoxy groups -OCH3 is 1. The van der Waals surface area contributed by atoms with Crippen LogP contribution in [0.4, 0.5) is 18.4 Å². The third kappa shape index (κ3) is 2.91. The van der Waals surface area contributed by atoms with Gasteiger partial charge in [0.2, 0.25) is 17.2 Å². The molecule has 2 aliphatic carbocycles. The Labute approximate surface area is 223 Å². The number of allylic oxidation sites excluding steroid dienone is 3. The lowest BCUT2D eigenvalue weighted by Gasteiger charge is -2.53. The van der Waals surface area contributed by atoms with Gasteiger partial charge in [0.25, 0.3) is 5.91 Å². The molecule has 1 aliphatic heterocycles. The first-order valence-corrected chi connectivity index (χ1v) is 11.9. The predicted octanol–water partition coefficient (Wildman–Crippen LogP) is 1.09. The number of nitrogens with zero attached hydrogens (tertiary/aromatic N) is 2. The number of carboxylic acids is 1. The monoisotopic (exact) mass is 559 g/mol. The molecule has 2 unspecified atom stereocenters. The van der Waals surface area contributed by atoms with Crippen molar-refractivity contribution in [1.29, 1.82) is 0 Å². The van der Waals surface area contributed by atoms with Gasteiger partial charge in [0.15, 0.2) is 5.54 Å². The Hall–Kier alpha value is -4.95. The third-order valence-electron chi connectivity index (χ3n) is 8.06. The van der Waals surface area contributed by atoms with Crippen molar-refractivity contribution >= 4 is 40.8 Å². The molecule has 8 N–H and O–H groups in total. The maximum atomic E-state index is 18.4. The van der Waals surface area contributed by atoms with E-state index in [-0.39, 0.29) is 22.2 Å². The van der Waals surface area contributed by atoms with Crippen molar-refractivity contribution in [2.45, 2.75) is 35.8 Å². The van der Waals surface area contributed by atoms with Gasteiger partial charge in [-0.05, 0) is 37.0 Å². The van der Waals surface area contributed by atoms with E-state index >= 15 is 8.78 Å². The Morgan fingerprint density at radius 3 is 2.20 bits per heavy atom. The first kappa shape index (κ1) is 26.6. The summed E-state index contributed by atoms with van der Waals surface area (Å²) in [5.74, 6) is -6.83. The quantitative estimate of drug-likeness (QED) is 0.344. The molecule has 3 aliphatic rings. The predicted molar refractivity (Wildman–Crippen MR) is 131 cm³/mol. The maximum absolute atomic E-state index is 18.4. The van der Waals surface area contributed by atoms with Crippen LogP contribution in [0.25, 0.3) is 10.9 Å². The van der Waals surface area contributed by atoms with Crippen molar-refractivity contribution in [3.05, 3.63) is 59.0 Å². The number of amides is 4. The number of aromatic nitrogens is 1. The van der Waals surface area contributed by atoms with E-state index < -0.39 is 87.8 Å². The summed E-state index contributed by atoms with van der Waals surface area (Å²) in [6.45, 7) is 0. The molecule has 5 rings (SSSR count). The number of rotatable bonds is 6. The molecule has 1 saturated carbocycles. The minimum absolute atomic E-state index is 0.173. The number of carboxylic acid groups (broad SMARTS) is 2. The second-order valence-electron chi connectivity index (χ2n) is 9.86. The number of likely N-dealkylation sites (tertiary alicyclic amines) is 1. The van der Waals surface area contributed by atoms with Gasteiger partial charge >= 0.3 is 18.1 Å². The lowest BCUT2D eigenvalue weighted by Crippen LogP contribution is -2.74. The molecule has 1 aromatic heterocycles. The SMILES string of the molecule is COC1=CC=C(C(N)=O)C(F)([C@]2(C(=O)O)C[C@H]3C[C@H]3N2C(=O)O)C1(F)c1c(C(N)=O)n(C(N)=O)c2ccccc12. The number of primary amides is 3. The Bertz CT molecular complexity index is 1620. The van der Waals surface area contributed by atoms with Gasteiger partial charge in [0.1, 0.15) is 11.5 Å². The molecule has 0 bridgehead atoms. The molecule has 1 saturated heterocycles. The number of carbonyl (C=O) groups is 5. The summed E-state index contributed by atoms with van der Waals surface area (Å²) >= 11 is 0. The van der Waals surface area contributed by atoms with Crippen molar-refractivity contribution in [2.24, 2.45) is 23.1 Å². The van der Waals surface area contributed by atoms with Crippen molar-refractivity contribution < 1.29 is 47.7 Å². The van der Waals surface area contributed by atoms with Gasteiger partial charge in [-0.3, -0.25) is 19.1 Å².